The van der Waals surface area contributed by atoms with Gasteiger partial charge in [-0.3, -0.25) is 14.9 Å². The fourth-order valence-corrected chi connectivity index (χ4v) is 3.16. The Balaban J connectivity index is 2.17. The van der Waals surface area contributed by atoms with Crippen molar-refractivity contribution in [1.82, 2.24) is 10.6 Å². The summed E-state index contributed by atoms with van der Waals surface area (Å²) in [6.07, 6.45) is 0. The third-order valence-corrected chi connectivity index (χ3v) is 4.68. The number of para-hydroxylation sites is 1. The average Bonchev–Trinajstić information content (AvgIpc) is 2.70. The van der Waals surface area contributed by atoms with Crippen LogP contribution in [-0.4, -0.2) is 40.6 Å². The van der Waals surface area contributed by atoms with E-state index >= 15 is 0 Å². The molecule has 2 aromatic rings. The molecule has 9 heteroatoms. The Morgan fingerprint density at radius 1 is 0.968 bits per heavy atom. The predicted molar refractivity (Wildman–Crippen MR) is 114 cm³/mol. The first-order chi connectivity index (χ1) is 14.6. The van der Waals surface area contributed by atoms with Crippen LogP contribution < -0.4 is 16.0 Å². The maximum Gasteiger partial charge on any atom is 0.337 e. The Morgan fingerprint density at radius 2 is 1.61 bits per heavy atom. The van der Waals surface area contributed by atoms with Gasteiger partial charge in [0.05, 0.1) is 16.8 Å². The molecule has 0 fully saturated rings. The number of nitrogens with one attached hydrogen (secondary N) is 3. The number of rotatable bonds is 8. The number of carboxylic acid groups (broad SMARTS) is 2. The van der Waals surface area contributed by atoms with Crippen LogP contribution in [0.5, 0.6) is 0 Å². The van der Waals surface area contributed by atoms with Crippen molar-refractivity contribution in [3.63, 3.8) is 0 Å². The summed E-state index contributed by atoms with van der Waals surface area (Å²) in [5, 5.41) is 25.4. The number of carbonyl (C=O) groups excluding carboxylic acids is 2. The number of hydrogen-bond donors (Lipinski definition) is 5. The summed E-state index contributed by atoms with van der Waals surface area (Å²) in [7, 11) is 0. The van der Waals surface area contributed by atoms with Crippen molar-refractivity contribution in [2.24, 2.45) is 0 Å². The molecule has 2 rings (SSSR count). The molecule has 0 radical (unpaired) electrons. The number of aryl methyl sites for hydroxylation is 1. The van der Waals surface area contributed by atoms with Crippen LogP contribution in [0, 0.1) is 6.92 Å². The van der Waals surface area contributed by atoms with Crippen molar-refractivity contribution in [1.29, 1.82) is 0 Å². The van der Waals surface area contributed by atoms with Gasteiger partial charge in [-0.2, -0.15) is 0 Å². The standard InChI is InChI=1S/C22H25N3O6/c1-12(2)14-7-4-6-13(3)17(14)10-24-22(31)25-20(28)15-8-5-9-16(21(29)30)19(15)23-11-18(26)27/h4-9,12,23H,10-11H2,1-3H3,(H,26,27)(H,29,30)(H2,24,25,28,31). The number of carboxylic acids is 2. The third kappa shape index (κ3) is 6.05. The fourth-order valence-electron chi connectivity index (χ4n) is 3.16. The van der Waals surface area contributed by atoms with E-state index in [9.17, 15) is 24.3 Å². The quantitative estimate of drug-likeness (QED) is 0.435. The minimum atomic E-state index is -1.34. The number of anilines is 1. The van der Waals surface area contributed by atoms with E-state index in [2.05, 4.69) is 16.0 Å². The Bertz CT molecular complexity index is 1020. The van der Waals surface area contributed by atoms with E-state index in [0.29, 0.717) is 0 Å². The molecule has 5 N–H and O–H groups in total. The summed E-state index contributed by atoms with van der Waals surface area (Å²) < 4.78 is 0. The van der Waals surface area contributed by atoms with Crippen LogP contribution in [0.3, 0.4) is 0 Å². The number of hydrogen-bond acceptors (Lipinski definition) is 5. The van der Waals surface area contributed by atoms with Gasteiger partial charge < -0.3 is 20.8 Å². The van der Waals surface area contributed by atoms with E-state index in [1.807, 2.05) is 39.0 Å². The molecule has 9 nitrogen and oxygen atoms in total. The van der Waals surface area contributed by atoms with E-state index in [-0.39, 0.29) is 29.3 Å². The molecular formula is C22H25N3O6. The Hall–Kier alpha value is -3.88. The van der Waals surface area contributed by atoms with Crippen molar-refractivity contribution >= 4 is 29.6 Å². The second-order valence-corrected chi connectivity index (χ2v) is 7.21. The fraction of sp³-hybridized carbons (Fsp3) is 0.273. The van der Waals surface area contributed by atoms with Gasteiger partial charge in [0.1, 0.15) is 6.54 Å². The smallest absolute Gasteiger partial charge is 0.337 e. The minimum absolute atomic E-state index is 0.157. The molecule has 0 aliphatic heterocycles. The van der Waals surface area contributed by atoms with Crippen LogP contribution >= 0.6 is 0 Å². The third-order valence-electron chi connectivity index (χ3n) is 4.68. The first kappa shape index (κ1) is 23.4. The number of imide groups is 1. The molecule has 0 spiro atoms. The summed E-state index contributed by atoms with van der Waals surface area (Å²) in [4.78, 5) is 47.2. The van der Waals surface area contributed by atoms with Gasteiger partial charge in [0.25, 0.3) is 5.91 Å². The molecule has 2 aromatic carbocycles. The van der Waals surface area contributed by atoms with Crippen LogP contribution in [0.25, 0.3) is 0 Å². The monoisotopic (exact) mass is 427 g/mol. The SMILES string of the molecule is Cc1cccc(C(C)C)c1CNC(=O)NC(=O)c1cccc(C(=O)O)c1NCC(=O)O. The predicted octanol–water partition coefficient (Wildman–Crippen LogP) is 2.95. The maximum atomic E-state index is 12.6. The lowest BCUT2D eigenvalue weighted by Crippen LogP contribution is -2.39. The second-order valence-electron chi connectivity index (χ2n) is 7.21. The van der Waals surface area contributed by atoms with E-state index in [1.165, 1.54) is 18.2 Å². The maximum absolute atomic E-state index is 12.6. The molecule has 0 saturated heterocycles. The number of carbonyl (C=O) groups is 4. The average molecular weight is 427 g/mol. The molecule has 3 amide bonds. The summed E-state index contributed by atoms with van der Waals surface area (Å²) in [6.45, 7) is 5.64. The molecule has 0 bridgehead atoms. The molecule has 0 aromatic heterocycles. The van der Waals surface area contributed by atoms with Crippen molar-refractivity contribution < 1.29 is 29.4 Å². The van der Waals surface area contributed by atoms with Gasteiger partial charge in [0, 0.05) is 6.54 Å². The van der Waals surface area contributed by atoms with Gasteiger partial charge in [-0.15, -0.1) is 0 Å². The largest absolute Gasteiger partial charge is 0.480 e. The number of benzene rings is 2. The van der Waals surface area contributed by atoms with Crippen LogP contribution in [0.15, 0.2) is 36.4 Å². The molecule has 31 heavy (non-hydrogen) atoms. The van der Waals surface area contributed by atoms with E-state index in [1.54, 1.807) is 0 Å². The zero-order valence-corrected chi connectivity index (χ0v) is 17.5. The number of urea groups is 1. The van der Waals surface area contributed by atoms with Crippen molar-refractivity contribution in [2.75, 3.05) is 11.9 Å². The molecule has 0 unspecified atom stereocenters. The number of aromatic carboxylic acids is 1. The number of amides is 3. The van der Waals surface area contributed by atoms with Crippen molar-refractivity contribution in [3.8, 4) is 0 Å². The van der Waals surface area contributed by atoms with E-state index in [4.69, 9.17) is 5.11 Å². The molecule has 164 valence electrons. The lowest BCUT2D eigenvalue weighted by molar-refractivity contribution is -0.134. The van der Waals surface area contributed by atoms with Gasteiger partial charge >= 0.3 is 18.0 Å². The topological polar surface area (TPSA) is 145 Å². The van der Waals surface area contributed by atoms with Crippen molar-refractivity contribution in [3.05, 3.63) is 64.2 Å². The Labute approximate surface area is 179 Å². The summed E-state index contributed by atoms with van der Waals surface area (Å²) in [5.74, 6) is -3.18. The van der Waals surface area contributed by atoms with Crippen molar-refractivity contribution in [2.45, 2.75) is 33.2 Å². The first-order valence-corrected chi connectivity index (χ1v) is 9.61. The highest BCUT2D eigenvalue weighted by Gasteiger charge is 2.21. The molecule has 0 atom stereocenters. The molecule has 0 aliphatic carbocycles. The Kier molecular flexibility index (Phi) is 7.73. The van der Waals surface area contributed by atoms with Gasteiger partial charge in [0.2, 0.25) is 0 Å². The summed E-state index contributed by atoms with van der Waals surface area (Å²) in [5.41, 5.74) is 2.43. The molecule has 0 heterocycles. The van der Waals surface area contributed by atoms with Crippen LogP contribution in [0.2, 0.25) is 0 Å². The first-order valence-electron chi connectivity index (χ1n) is 9.61. The van der Waals surface area contributed by atoms with Gasteiger partial charge in [-0.25, -0.2) is 9.59 Å². The van der Waals surface area contributed by atoms with Gasteiger partial charge in [-0.05, 0) is 41.7 Å². The van der Waals surface area contributed by atoms with Crippen LogP contribution in [0.4, 0.5) is 10.5 Å². The van der Waals surface area contributed by atoms with Crippen LogP contribution in [-0.2, 0) is 11.3 Å². The zero-order chi connectivity index (χ0) is 23.1. The van der Waals surface area contributed by atoms with Gasteiger partial charge in [0.15, 0.2) is 0 Å². The van der Waals surface area contributed by atoms with Gasteiger partial charge in [-0.1, -0.05) is 38.1 Å². The van der Waals surface area contributed by atoms with Crippen LogP contribution in [0.1, 0.15) is 57.2 Å². The second kappa shape index (κ2) is 10.2. The van der Waals surface area contributed by atoms with E-state index < -0.39 is 30.4 Å². The lowest BCUT2D eigenvalue weighted by Gasteiger charge is -2.17. The molecule has 0 aliphatic rings. The Morgan fingerprint density at radius 3 is 2.23 bits per heavy atom. The summed E-state index contributed by atoms with van der Waals surface area (Å²) >= 11 is 0. The zero-order valence-electron chi connectivity index (χ0n) is 17.5. The highest BCUT2D eigenvalue weighted by atomic mass is 16.4. The normalized spacial score (nSPS) is 10.5. The highest BCUT2D eigenvalue weighted by Crippen LogP contribution is 2.23. The highest BCUT2D eigenvalue weighted by molar-refractivity contribution is 6.10. The summed E-state index contributed by atoms with van der Waals surface area (Å²) in [6, 6.07) is 8.97. The molecule has 0 saturated carbocycles. The minimum Gasteiger partial charge on any atom is -0.480 e. The number of aliphatic carboxylic acids is 1. The molecular weight excluding hydrogens is 402 g/mol. The lowest BCUT2D eigenvalue weighted by atomic mass is 9.94. The van der Waals surface area contributed by atoms with E-state index in [0.717, 1.165) is 16.7 Å².